The van der Waals surface area contributed by atoms with E-state index in [1.807, 2.05) is 13.8 Å². The SMILES string of the molecule is CC(C)N(CCCl)S(=O)(=O)N(C)C. The van der Waals surface area contributed by atoms with Crippen LogP contribution >= 0.6 is 11.6 Å². The highest BCUT2D eigenvalue weighted by atomic mass is 35.5. The molecule has 0 bridgehead atoms. The lowest BCUT2D eigenvalue weighted by Crippen LogP contribution is -2.44. The molecule has 0 heterocycles. The fourth-order valence-corrected chi connectivity index (χ4v) is 2.49. The summed E-state index contributed by atoms with van der Waals surface area (Å²) in [7, 11) is -0.292. The van der Waals surface area contributed by atoms with E-state index in [1.165, 1.54) is 22.7 Å². The summed E-state index contributed by atoms with van der Waals surface area (Å²) in [5.41, 5.74) is 0. The van der Waals surface area contributed by atoms with Crippen LogP contribution in [-0.4, -0.2) is 49.6 Å². The molecule has 0 saturated heterocycles. The van der Waals surface area contributed by atoms with Gasteiger partial charge < -0.3 is 0 Å². The first-order chi connectivity index (χ1) is 5.84. The number of nitrogens with zero attached hydrogens (tertiary/aromatic N) is 2. The van der Waals surface area contributed by atoms with Crippen LogP contribution in [0.25, 0.3) is 0 Å². The second-order valence-corrected chi connectivity index (χ2v) is 5.66. The van der Waals surface area contributed by atoms with E-state index >= 15 is 0 Å². The van der Waals surface area contributed by atoms with Gasteiger partial charge in [0.05, 0.1) is 0 Å². The van der Waals surface area contributed by atoms with E-state index in [9.17, 15) is 8.42 Å². The fourth-order valence-electron chi connectivity index (χ4n) is 0.933. The van der Waals surface area contributed by atoms with E-state index in [4.69, 9.17) is 11.6 Å². The van der Waals surface area contributed by atoms with Crippen LogP contribution in [-0.2, 0) is 10.2 Å². The molecule has 0 amide bonds. The molecule has 0 atom stereocenters. The van der Waals surface area contributed by atoms with Crippen LogP contribution in [0.1, 0.15) is 13.8 Å². The van der Waals surface area contributed by atoms with Crippen molar-refractivity contribution >= 4 is 21.8 Å². The summed E-state index contributed by atoms with van der Waals surface area (Å²) >= 11 is 5.53. The maximum Gasteiger partial charge on any atom is 0.281 e. The third-order valence-corrected chi connectivity index (χ3v) is 3.93. The molecule has 6 heteroatoms. The smallest absolute Gasteiger partial charge is 0.195 e. The monoisotopic (exact) mass is 228 g/mol. The molecule has 0 aromatic heterocycles. The summed E-state index contributed by atoms with van der Waals surface area (Å²) in [6, 6.07) is -0.0638. The van der Waals surface area contributed by atoms with Crippen molar-refractivity contribution in [2.45, 2.75) is 19.9 Å². The summed E-state index contributed by atoms with van der Waals surface area (Å²) in [5.74, 6) is 0.311. The summed E-state index contributed by atoms with van der Waals surface area (Å²) < 4.78 is 25.9. The second-order valence-electron chi connectivity index (χ2n) is 3.18. The number of hydrogen-bond acceptors (Lipinski definition) is 2. The van der Waals surface area contributed by atoms with E-state index in [-0.39, 0.29) is 6.04 Å². The molecule has 0 aromatic rings. The number of rotatable bonds is 5. The van der Waals surface area contributed by atoms with Crippen LogP contribution in [0.15, 0.2) is 0 Å². The van der Waals surface area contributed by atoms with Gasteiger partial charge in [-0.1, -0.05) is 0 Å². The molecule has 0 rings (SSSR count). The molecule has 0 unspecified atom stereocenters. The average molecular weight is 229 g/mol. The largest absolute Gasteiger partial charge is 0.281 e. The van der Waals surface area contributed by atoms with E-state index in [2.05, 4.69) is 0 Å². The molecule has 0 radical (unpaired) electrons. The average Bonchev–Trinajstić information content (AvgIpc) is 1.98. The molecule has 0 N–H and O–H groups in total. The van der Waals surface area contributed by atoms with Crippen molar-refractivity contribution in [1.82, 2.24) is 8.61 Å². The molecule has 0 saturated carbocycles. The van der Waals surface area contributed by atoms with Gasteiger partial charge in [0.25, 0.3) is 10.2 Å². The second kappa shape index (κ2) is 5.14. The first-order valence-corrected chi connectivity index (χ1v) is 6.02. The molecular formula is C7H17ClN2O2S. The Bertz CT molecular complexity index is 239. The topological polar surface area (TPSA) is 40.6 Å². The van der Waals surface area contributed by atoms with Crippen molar-refractivity contribution in [3.8, 4) is 0 Å². The Morgan fingerprint density at radius 3 is 2.00 bits per heavy atom. The Morgan fingerprint density at radius 2 is 1.77 bits per heavy atom. The molecule has 13 heavy (non-hydrogen) atoms. The summed E-state index contributed by atoms with van der Waals surface area (Å²) in [5, 5.41) is 0. The van der Waals surface area contributed by atoms with Gasteiger partial charge in [-0.15, -0.1) is 11.6 Å². The van der Waals surface area contributed by atoms with Gasteiger partial charge in [0.1, 0.15) is 0 Å². The number of hydrogen-bond donors (Lipinski definition) is 0. The maximum atomic E-state index is 11.7. The number of halogens is 1. The molecule has 0 spiro atoms. The molecule has 0 aliphatic rings. The van der Waals surface area contributed by atoms with Gasteiger partial charge >= 0.3 is 0 Å². The zero-order valence-electron chi connectivity index (χ0n) is 8.49. The lowest BCUT2D eigenvalue weighted by Gasteiger charge is -2.27. The molecule has 80 valence electrons. The predicted octanol–water partition coefficient (Wildman–Crippen LogP) is 0.742. The zero-order chi connectivity index (χ0) is 10.6. The Kier molecular flexibility index (Phi) is 5.21. The van der Waals surface area contributed by atoms with Crippen molar-refractivity contribution in [2.75, 3.05) is 26.5 Å². The van der Waals surface area contributed by atoms with Crippen LogP contribution in [0.5, 0.6) is 0 Å². The Balaban J connectivity index is 4.74. The fraction of sp³-hybridized carbons (Fsp3) is 1.00. The van der Waals surface area contributed by atoms with Crippen LogP contribution in [0, 0.1) is 0 Å². The van der Waals surface area contributed by atoms with Crippen LogP contribution in [0.4, 0.5) is 0 Å². The number of alkyl halides is 1. The highest BCUT2D eigenvalue weighted by molar-refractivity contribution is 7.86. The maximum absolute atomic E-state index is 11.7. The lowest BCUT2D eigenvalue weighted by atomic mass is 10.4. The van der Waals surface area contributed by atoms with Crippen LogP contribution < -0.4 is 0 Å². The summed E-state index contributed by atoms with van der Waals surface area (Å²) in [6.07, 6.45) is 0. The van der Waals surface area contributed by atoms with Crippen molar-refractivity contribution in [3.05, 3.63) is 0 Å². The first-order valence-electron chi connectivity index (χ1n) is 4.09. The Morgan fingerprint density at radius 1 is 1.31 bits per heavy atom. The predicted molar refractivity (Wildman–Crippen MR) is 55.2 cm³/mol. The molecule has 4 nitrogen and oxygen atoms in total. The van der Waals surface area contributed by atoms with Gasteiger partial charge in [-0.05, 0) is 13.8 Å². The minimum absolute atomic E-state index is 0.0638. The molecule has 0 aliphatic carbocycles. The zero-order valence-corrected chi connectivity index (χ0v) is 10.1. The molecular weight excluding hydrogens is 212 g/mol. The Hall–Kier alpha value is 0.160. The normalized spacial score (nSPS) is 13.2. The van der Waals surface area contributed by atoms with Gasteiger partial charge in [0.15, 0.2) is 0 Å². The third kappa shape index (κ3) is 3.42. The van der Waals surface area contributed by atoms with Crippen molar-refractivity contribution < 1.29 is 8.42 Å². The van der Waals surface area contributed by atoms with E-state index in [1.54, 1.807) is 0 Å². The first kappa shape index (κ1) is 13.2. The highest BCUT2D eigenvalue weighted by Gasteiger charge is 2.25. The van der Waals surface area contributed by atoms with Gasteiger partial charge in [-0.2, -0.15) is 17.0 Å². The minimum Gasteiger partial charge on any atom is -0.195 e. The third-order valence-electron chi connectivity index (χ3n) is 1.64. The van der Waals surface area contributed by atoms with E-state index in [0.29, 0.717) is 12.4 Å². The van der Waals surface area contributed by atoms with Gasteiger partial charge in [0.2, 0.25) is 0 Å². The quantitative estimate of drug-likeness (QED) is 0.652. The summed E-state index contributed by atoms with van der Waals surface area (Å²) in [4.78, 5) is 0. The Labute approximate surface area is 85.6 Å². The lowest BCUT2D eigenvalue weighted by molar-refractivity contribution is 0.342. The van der Waals surface area contributed by atoms with Crippen LogP contribution in [0.2, 0.25) is 0 Å². The van der Waals surface area contributed by atoms with Gasteiger partial charge in [-0.3, -0.25) is 0 Å². The molecule has 0 aliphatic heterocycles. The van der Waals surface area contributed by atoms with E-state index < -0.39 is 10.2 Å². The highest BCUT2D eigenvalue weighted by Crippen LogP contribution is 2.09. The standard InChI is InChI=1S/C7H17ClN2O2S/c1-7(2)10(6-5-8)13(11,12)9(3)4/h7H,5-6H2,1-4H3. The van der Waals surface area contributed by atoms with Gasteiger partial charge in [0, 0.05) is 32.6 Å². The van der Waals surface area contributed by atoms with Gasteiger partial charge in [-0.25, -0.2) is 0 Å². The van der Waals surface area contributed by atoms with E-state index in [0.717, 1.165) is 0 Å². The van der Waals surface area contributed by atoms with Crippen molar-refractivity contribution in [2.24, 2.45) is 0 Å². The summed E-state index contributed by atoms with van der Waals surface area (Å²) in [6.45, 7) is 4.00. The molecule has 0 fully saturated rings. The van der Waals surface area contributed by atoms with Crippen molar-refractivity contribution in [3.63, 3.8) is 0 Å². The molecule has 0 aromatic carbocycles. The minimum atomic E-state index is -3.32. The van der Waals surface area contributed by atoms with Crippen LogP contribution in [0.3, 0.4) is 0 Å². The van der Waals surface area contributed by atoms with Crippen molar-refractivity contribution in [1.29, 1.82) is 0 Å².